The number of hydrogen-bond acceptors (Lipinski definition) is 8. The van der Waals surface area contributed by atoms with E-state index in [0.29, 0.717) is 41.0 Å². The lowest BCUT2D eigenvalue weighted by Crippen LogP contribution is -2.49. The summed E-state index contributed by atoms with van der Waals surface area (Å²) in [4.78, 5) is 36.7. The van der Waals surface area contributed by atoms with E-state index in [1.165, 1.54) is 0 Å². The third-order valence-corrected chi connectivity index (χ3v) is 7.90. The Morgan fingerprint density at radius 2 is 1.80 bits per heavy atom. The smallest absolute Gasteiger partial charge is 0.407 e. The van der Waals surface area contributed by atoms with Crippen LogP contribution in [0, 0.1) is 0 Å². The van der Waals surface area contributed by atoms with Crippen molar-refractivity contribution in [2.24, 2.45) is 0 Å². The minimum absolute atomic E-state index is 0.0449. The molecule has 2 aromatic carbocycles. The summed E-state index contributed by atoms with van der Waals surface area (Å²) in [6.07, 6.45) is 5.00. The van der Waals surface area contributed by atoms with Crippen LogP contribution in [0.4, 0.5) is 22.0 Å². The molecule has 0 aliphatic carbocycles. The Morgan fingerprint density at radius 3 is 2.45 bits per heavy atom. The van der Waals surface area contributed by atoms with E-state index in [1.54, 1.807) is 24.5 Å². The number of ketones is 1. The molecule has 0 bridgehead atoms. The van der Waals surface area contributed by atoms with Crippen LogP contribution >= 0.6 is 23.2 Å². The lowest BCUT2D eigenvalue weighted by molar-refractivity contribution is 0.0499. The normalized spacial score (nSPS) is 15.2. The number of pyridine rings is 2. The van der Waals surface area contributed by atoms with E-state index < -0.39 is 11.7 Å². The number of nitrogens with one attached hydrogen (secondary N) is 2. The third kappa shape index (κ3) is 7.17. The molecule has 1 atom stereocenters. The molecule has 230 valence electrons. The number of fused-ring (bicyclic) bond motifs is 1. The molecule has 3 N–H and O–H groups in total. The van der Waals surface area contributed by atoms with Gasteiger partial charge in [0.1, 0.15) is 11.4 Å². The molecule has 1 aliphatic rings. The highest BCUT2D eigenvalue weighted by molar-refractivity contribution is 6.37. The molecule has 4 aromatic rings. The van der Waals surface area contributed by atoms with Crippen molar-refractivity contribution in [3.05, 3.63) is 70.5 Å². The Bertz CT molecular complexity index is 1680. The van der Waals surface area contributed by atoms with Gasteiger partial charge in [-0.15, -0.1) is 0 Å². The molecular formula is C33H35Cl2N5O4. The Kier molecular flexibility index (Phi) is 9.18. The maximum absolute atomic E-state index is 13.0. The summed E-state index contributed by atoms with van der Waals surface area (Å²) >= 11 is 12.4. The van der Waals surface area contributed by atoms with Crippen LogP contribution in [0.5, 0.6) is 5.75 Å². The lowest BCUT2D eigenvalue weighted by Gasteiger charge is -2.34. The Hall–Kier alpha value is -4.08. The first-order valence-electron chi connectivity index (χ1n) is 14.5. The van der Waals surface area contributed by atoms with Crippen LogP contribution < -0.4 is 15.5 Å². The number of aromatic hydroxyl groups is 1. The van der Waals surface area contributed by atoms with E-state index >= 15 is 0 Å². The van der Waals surface area contributed by atoms with Crippen molar-refractivity contribution in [3.63, 3.8) is 0 Å². The van der Waals surface area contributed by atoms with Crippen molar-refractivity contribution in [3.8, 4) is 16.9 Å². The first-order chi connectivity index (χ1) is 20.9. The fraction of sp³-hybridized carbons (Fsp3) is 0.333. The summed E-state index contributed by atoms with van der Waals surface area (Å²) in [6, 6.07) is 12.8. The fourth-order valence-corrected chi connectivity index (χ4v) is 5.70. The summed E-state index contributed by atoms with van der Waals surface area (Å²) in [7, 11) is 0. The van der Waals surface area contributed by atoms with Gasteiger partial charge in [0.15, 0.2) is 11.5 Å². The lowest BCUT2D eigenvalue weighted by atomic mass is 9.99. The molecule has 0 spiro atoms. The second kappa shape index (κ2) is 12.9. The number of anilines is 3. The Morgan fingerprint density at radius 1 is 1.05 bits per heavy atom. The highest BCUT2D eigenvalue weighted by atomic mass is 35.5. The zero-order valence-corrected chi connectivity index (χ0v) is 26.6. The van der Waals surface area contributed by atoms with Gasteiger partial charge in [-0.1, -0.05) is 36.2 Å². The van der Waals surface area contributed by atoms with Crippen LogP contribution in [0.1, 0.15) is 57.3 Å². The number of piperidine rings is 1. The molecule has 1 aliphatic heterocycles. The number of benzene rings is 2. The van der Waals surface area contributed by atoms with Crippen LogP contribution in [-0.2, 0) is 4.74 Å². The van der Waals surface area contributed by atoms with Gasteiger partial charge >= 0.3 is 6.09 Å². The fourth-order valence-electron chi connectivity index (χ4n) is 5.21. The number of phenols is 1. The average molecular weight is 637 g/mol. The predicted molar refractivity (Wildman–Crippen MR) is 176 cm³/mol. The number of amides is 1. The summed E-state index contributed by atoms with van der Waals surface area (Å²) < 4.78 is 5.42. The highest BCUT2D eigenvalue weighted by Gasteiger charge is 2.25. The molecule has 1 saturated heterocycles. The zero-order chi connectivity index (χ0) is 31.6. The molecule has 0 saturated carbocycles. The third-order valence-electron chi connectivity index (χ3n) is 7.32. The Balaban J connectivity index is 1.41. The van der Waals surface area contributed by atoms with Gasteiger partial charge in [-0.2, -0.15) is 0 Å². The monoisotopic (exact) mass is 635 g/mol. The molecule has 2 aromatic heterocycles. The van der Waals surface area contributed by atoms with Gasteiger partial charge in [-0.3, -0.25) is 9.78 Å². The van der Waals surface area contributed by atoms with Gasteiger partial charge in [0.2, 0.25) is 0 Å². The number of carbonyl (C=O) groups is 2. The van der Waals surface area contributed by atoms with E-state index in [4.69, 9.17) is 32.9 Å². The van der Waals surface area contributed by atoms with Crippen LogP contribution in [0.2, 0.25) is 10.0 Å². The molecule has 1 amide bonds. The number of hydrogen-bond donors (Lipinski definition) is 3. The second-order valence-electron chi connectivity index (χ2n) is 11.8. The molecule has 0 radical (unpaired) electrons. The molecule has 0 unspecified atom stereocenters. The number of alkyl carbamates (subject to hydrolysis) is 1. The number of phenolic OH excluding ortho intramolecular Hbond substituents is 1. The topological polar surface area (TPSA) is 117 Å². The average Bonchev–Trinajstić information content (AvgIpc) is 2.98. The van der Waals surface area contributed by atoms with Crippen LogP contribution in [-0.4, -0.2) is 51.7 Å². The van der Waals surface area contributed by atoms with E-state index in [9.17, 15) is 14.7 Å². The summed E-state index contributed by atoms with van der Waals surface area (Å²) in [5.74, 6) is 0.566. The van der Waals surface area contributed by atoms with Crippen molar-refractivity contribution in [2.45, 2.75) is 58.6 Å². The molecular weight excluding hydrogens is 601 g/mol. The van der Waals surface area contributed by atoms with Crippen LogP contribution in [0.25, 0.3) is 22.0 Å². The first-order valence-corrected chi connectivity index (χ1v) is 15.3. The largest absolute Gasteiger partial charge is 0.505 e. The number of ether oxygens (including phenoxy) is 1. The molecule has 5 rings (SSSR count). The van der Waals surface area contributed by atoms with E-state index in [0.717, 1.165) is 36.2 Å². The molecule has 9 nitrogen and oxygen atoms in total. The van der Waals surface area contributed by atoms with Gasteiger partial charge in [0.25, 0.3) is 0 Å². The van der Waals surface area contributed by atoms with E-state index in [-0.39, 0.29) is 27.6 Å². The second-order valence-corrected chi connectivity index (χ2v) is 12.6. The SMILES string of the molecule is CCC(=O)c1cnc2ccc(-c3cc(Cl)c(O)c(Cl)c3)cc2c1Nc1ccc(N2CCC[C@H](NC(=O)OC(C)(C)C)C2)nc1. The number of aromatic nitrogens is 2. The Labute approximate surface area is 266 Å². The van der Waals surface area contributed by atoms with Crippen molar-refractivity contribution >= 4 is 63.2 Å². The number of nitrogens with zero attached hydrogens (tertiary/aromatic N) is 3. The molecule has 44 heavy (non-hydrogen) atoms. The zero-order valence-electron chi connectivity index (χ0n) is 25.1. The van der Waals surface area contributed by atoms with Gasteiger partial charge < -0.3 is 25.4 Å². The summed E-state index contributed by atoms with van der Waals surface area (Å²) in [5.41, 5.74) is 3.43. The number of carbonyl (C=O) groups excluding carboxylic acids is 2. The van der Waals surface area contributed by atoms with Gasteiger partial charge in [-0.05, 0) is 81.1 Å². The van der Waals surface area contributed by atoms with Gasteiger partial charge in [-0.25, -0.2) is 9.78 Å². The number of rotatable bonds is 7. The minimum atomic E-state index is -0.556. The quantitative estimate of drug-likeness (QED) is 0.174. The van der Waals surface area contributed by atoms with E-state index in [1.807, 2.05) is 58.0 Å². The van der Waals surface area contributed by atoms with Crippen LogP contribution in [0.15, 0.2) is 54.9 Å². The molecule has 11 heteroatoms. The molecule has 3 heterocycles. The first kappa shape index (κ1) is 31.3. The summed E-state index contributed by atoms with van der Waals surface area (Å²) in [5, 5.41) is 17.4. The van der Waals surface area contributed by atoms with Gasteiger partial charge in [0.05, 0.1) is 38.7 Å². The minimum Gasteiger partial charge on any atom is -0.505 e. The van der Waals surface area contributed by atoms with Crippen LogP contribution in [0.3, 0.4) is 0 Å². The van der Waals surface area contributed by atoms with Crippen molar-refractivity contribution in [1.82, 2.24) is 15.3 Å². The maximum Gasteiger partial charge on any atom is 0.407 e. The van der Waals surface area contributed by atoms with Crippen molar-refractivity contribution < 1.29 is 19.4 Å². The highest BCUT2D eigenvalue weighted by Crippen LogP contribution is 2.38. The molecule has 1 fully saturated rings. The van der Waals surface area contributed by atoms with Crippen molar-refractivity contribution in [2.75, 3.05) is 23.3 Å². The van der Waals surface area contributed by atoms with Gasteiger partial charge in [0, 0.05) is 37.1 Å². The van der Waals surface area contributed by atoms with Crippen molar-refractivity contribution in [1.29, 1.82) is 0 Å². The standard InChI is InChI=1S/C33H35Cl2N5O4/c1-5-28(41)24-17-36-27-10-8-19(20-14-25(34)31(42)26(35)15-20)13-23(27)30(24)38-21-9-11-29(37-16-21)40-12-6-7-22(18-40)39-32(43)44-33(2,3)4/h8-11,13-17,22,42H,5-7,12,18H2,1-4H3,(H,36,38)(H,39,43)/t22-/m0/s1. The number of halogens is 2. The maximum atomic E-state index is 13.0. The summed E-state index contributed by atoms with van der Waals surface area (Å²) in [6.45, 7) is 8.79. The predicted octanol–water partition coefficient (Wildman–Crippen LogP) is 8.14. The van der Waals surface area contributed by atoms with E-state index in [2.05, 4.69) is 20.5 Å². The number of Topliss-reactive ketones (excluding diaryl/α,β-unsaturated/α-hetero) is 1.